The van der Waals surface area contributed by atoms with Crippen LogP contribution >= 0.6 is 11.8 Å². The lowest BCUT2D eigenvalue weighted by Gasteiger charge is -2.40. The van der Waals surface area contributed by atoms with Gasteiger partial charge in [-0.3, -0.25) is 14.6 Å². The number of urea groups is 1. The second kappa shape index (κ2) is 8.82. The number of hydrogen-bond acceptors (Lipinski definition) is 4. The Hall–Kier alpha value is -2.31. The Balaban J connectivity index is 1.38. The number of carbonyl (C=O) groups excluding carboxylic acids is 2. The van der Waals surface area contributed by atoms with E-state index in [-0.39, 0.29) is 11.9 Å². The van der Waals surface area contributed by atoms with E-state index in [1.165, 1.54) is 15.4 Å². The first kappa shape index (κ1) is 20.9. The van der Waals surface area contributed by atoms with E-state index in [1.54, 1.807) is 23.7 Å². The fourth-order valence-corrected chi connectivity index (χ4v) is 4.96. The van der Waals surface area contributed by atoms with Gasteiger partial charge < -0.3 is 4.90 Å². The number of hydrogen-bond donors (Lipinski definition) is 0. The Morgan fingerprint density at radius 1 is 0.933 bits per heavy atom. The summed E-state index contributed by atoms with van der Waals surface area (Å²) in [6, 6.07) is 18.5. The molecule has 0 aromatic heterocycles. The molecule has 3 amide bonds. The van der Waals surface area contributed by atoms with Crippen LogP contribution in [0.5, 0.6) is 0 Å². The number of thioether (sulfide) groups is 1. The standard InChI is InChI=1S/C24H29N3O2S/c1-25-23(29)27(15-12-19-6-4-3-5-7-19)22(28)24(25)13-16-26(17-14-24)18-20-8-10-21(30-2)11-9-20/h3-11H,12-18H2,1-2H3. The van der Waals surface area contributed by atoms with Crippen LogP contribution in [0.3, 0.4) is 0 Å². The molecule has 2 aromatic carbocycles. The van der Waals surface area contributed by atoms with Crippen molar-refractivity contribution in [2.45, 2.75) is 36.2 Å². The Labute approximate surface area is 183 Å². The predicted octanol–water partition coefficient (Wildman–Crippen LogP) is 3.88. The molecule has 0 unspecified atom stereocenters. The SMILES string of the molecule is CSc1ccc(CN2CCC3(CC2)C(=O)N(CCc2ccccc2)C(=O)N3C)cc1. The fraction of sp³-hybridized carbons (Fsp3) is 0.417. The second-order valence-electron chi connectivity index (χ2n) is 8.19. The number of likely N-dealkylation sites (N-methyl/N-ethyl adjacent to an activating group) is 1. The maximum absolute atomic E-state index is 13.3. The van der Waals surface area contributed by atoms with Crippen LogP contribution in [-0.4, -0.2) is 65.1 Å². The summed E-state index contributed by atoms with van der Waals surface area (Å²) in [6.07, 6.45) is 4.16. The van der Waals surface area contributed by atoms with Crippen molar-refractivity contribution < 1.29 is 9.59 Å². The van der Waals surface area contributed by atoms with Crippen LogP contribution in [0.25, 0.3) is 0 Å². The number of amides is 3. The highest BCUT2D eigenvalue weighted by molar-refractivity contribution is 7.98. The van der Waals surface area contributed by atoms with Crippen molar-refractivity contribution in [3.05, 3.63) is 65.7 Å². The molecule has 0 radical (unpaired) electrons. The van der Waals surface area contributed by atoms with Gasteiger partial charge >= 0.3 is 6.03 Å². The van der Waals surface area contributed by atoms with Gasteiger partial charge in [0.25, 0.3) is 5.91 Å². The van der Waals surface area contributed by atoms with Gasteiger partial charge in [-0.25, -0.2) is 4.79 Å². The molecule has 4 rings (SSSR count). The summed E-state index contributed by atoms with van der Waals surface area (Å²) in [5.41, 5.74) is 1.76. The summed E-state index contributed by atoms with van der Waals surface area (Å²) in [6.45, 7) is 2.97. The van der Waals surface area contributed by atoms with Crippen LogP contribution in [0, 0.1) is 0 Å². The minimum Gasteiger partial charge on any atom is -0.312 e. The maximum atomic E-state index is 13.3. The lowest BCUT2D eigenvalue weighted by molar-refractivity contribution is -0.135. The van der Waals surface area contributed by atoms with Crippen molar-refractivity contribution >= 4 is 23.7 Å². The van der Waals surface area contributed by atoms with Gasteiger partial charge in [0.2, 0.25) is 0 Å². The van der Waals surface area contributed by atoms with E-state index in [0.717, 1.165) is 25.2 Å². The van der Waals surface area contributed by atoms with Crippen LogP contribution in [-0.2, 0) is 17.8 Å². The summed E-state index contributed by atoms with van der Waals surface area (Å²) in [7, 11) is 1.79. The van der Waals surface area contributed by atoms with Crippen LogP contribution in [0.2, 0.25) is 0 Å². The minimum absolute atomic E-state index is 0.0186. The summed E-state index contributed by atoms with van der Waals surface area (Å²) in [4.78, 5) is 33.0. The van der Waals surface area contributed by atoms with Crippen LogP contribution in [0.15, 0.2) is 59.5 Å². The molecule has 2 fully saturated rings. The zero-order valence-electron chi connectivity index (χ0n) is 17.7. The predicted molar refractivity (Wildman–Crippen MR) is 120 cm³/mol. The van der Waals surface area contributed by atoms with Crippen molar-refractivity contribution in [3.8, 4) is 0 Å². The van der Waals surface area contributed by atoms with Gasteiger partial charge in [-0.15, -0.1) is 11.8 Å². The molecule has 5 nitrogen and oxygen atoms in total. The molecule has 2 aromatic rings. The third kappa shape index (κ3) is 3.98. The smallest absolute Gasteiger partial charge is 0.312 e. The molecule has 2 aliphatic rings. The van der Waals surface area contributed by atoms with Crippen molar-refractivity contribution in [1.29, 1.82) is 0 Å². The third-order valence-corrected chi connectivity index (χ3v) is 7.26. The van der Waals surface area contributed by atoms with Gasteiger partial charge in [0.05, 0.1) is 0 Å². The van der Waals surface area contributed by atoms with E-state index in [1.807, 2.05) is 30.3 Å². The summed E-state index contributed by atoms with van der Waals surface area (Å²) in [5, 5.41) is 0. The summed E-state index contributed by atoms with van der Waals surface area (Å²) < 4.78 is 0. The topological polar surface area (TPSA) is 43.9 Å². The van der Waals surface area contributed by atoms with E-state index >= 15 is 0 Å². The largest absolute Gasteiger partial charge is 0.327 e. The molecule has 2 heterocycles. The average molecular weight is 424 g/mol. The number of imide groups is 1. The molecule has 158 valence electrons. The number of benzene rings is 2. The molecule has 2 aliphatic heterocycles. The maximum Gasteiger partial charge on any atom is 0.327 e. The number of piperidine rings is 1. The molecular weight excluding hydrogens is 394 g/mol. The second-order valence-corrected chi connectivity index (χ2v) is 9.07. The Bertz CT molecular complexity index is 892. The first-order valence-electron chi connectivity index (χ1n) is 10.5. The summed E-state index contributed by atoms with van der Waals surface area (Å²) in [5.74, 6) is -0.0186. The number of likely N-dealkylation sites (tertiary alicyclic amines) is 1. The van der Waals surface area contributed by atoms with Crippen molar-refractivity contribution in [3.63, 3.8) is 0 Å². The molecule has 6 heteroatoms. The third-order valence-electron chi connectivity index (χ3n) is 6.52. The molecule has 0 bridgehead atoms. The van der Waals surface area contributed by atoms with E-state index in [4.69, 9.17) is 0 Å². The van der Waals surface area contributed by atoms with Crippen LogP contribution < -0.4 is 0 Å². The van der Waals surface area contributed by atoms with E-state index < -0.39 is 5.54 Å². The van der Waals surface area contributed by atoms with Gasteiger partial charge in [0.1, 0.15) is 5.54 Å². The zero-order chi connectivity index (χ0) is 21.1. The van der Waals surface area contributed by atoms with Gasteiger partial charge in [-0.1, -0.05) is 42.5 Å². The van der Waals surface area contributed by atoms with E-state index in [9.17, 15) is 9.59 Å². The lowest BCUT2D eigenvalue weighted by atomic mass is 9.86. The summed E-state index contributed by atoms with van der Waals surface area (Å²) >= 11 is 1.75. The molecule has 0 N–H and O–H groups in total. The Morgan fingerprint density at radius 3 is 2.23 bits per heavy atom. The molecular formula is C24H29N3O2S. The highest BCUT2D eigenvalue weighted by atomic mass is 32.2. The first-order valence-corrected chi connectivity index (χ1v) is 11.7. The van der Waals surface area contributed by atoms with Crippen molar-refractivity contribution in [1.82, 2.24) is 14.7 Å². The fourth-order valence-electron chi connectivity index (χ4n) is 4.55. The minimum atomic E-state index is -0.674. The average Bonchev–Trinajstić information content (AvgIpc) is 2.96. The zero-order valence-corrected chi connectivity index (χ0v) is 18.5. The van der Waals surface area contributed by atoms with E-state index in [0.29, 0.717) is 25.8 Å². The van der Waals surface area contributed by atoms with Gasteiger partial charge in [-0.2, -0.15) is 0 Å². The first-order chi connectivity index (χ1) is 14.5. The Kier molecular flexibility index (Phi) is 6.16. The molecule has 1 spiro atoms. The molecule has 0 atom stereocenters. The quantitative estimate of drug-likeness (QED) is 0.522. The number of nitrogens with zero attached hydrogens (tertiary/aromatic N) is 3. The van der Waals surface area contributed by atoms with Crippen LogP contribution in [0.4, 0.5) is 4.79 Å². The molecule has 2 saturated heterocycles. The van der Waals surface area contributed by atoms with E-state index in [2.05, 4.69) is 35.4 Å². The number of carbonyl (C=O) groups is 2. The highest BCUT2D eigenvalue weighted by Gasteiger charge is 2.56. The molecule has 0 saturated carbocycles. The molecule has 0 aliphatic carbocycles. The highest BCUT2D eigenvalue weighted by Crippen LogP contribution is 2.36. The van der Waals surface area contributed by atoms with Gasteiger partial charge in [0.15, 0.2) is 0 Å². The van der Waals surface area contributed by atoms with Gasteiger partial charge in [0, 0.05) is 38.1 Å². The van der Waals surface area contributed by atoms with Crippen molar-refractivity contribution in [2.24, 2.45) is 0 Å². The van der Waals surface area contributed by atoms with Gasteiger partial charge in [-0.05, 0) is 48.8 Å². The normalized spacial score (nSPS) is 19.1. The monoisotopic (exact) mass is 423 g/mol. The Morgan fingerprint density at radius 2 is 1.60 bits per heavy atom. The number of rotatable bonds is 6. The van der Waals surface area contributed by atoms with Crippen LogP contribution in [0.1, 0.15) is 24.0 Å². The molecule has 30 heavy (non-hydrogen) atoms. The van der Waals surface area contributed by atoms with Crippen molar-refractivity contribution in [2.75, 3.05) is 32.9 Å². The lowest BCUT2D eigenvalue weighted by Crippen LogP contribution is -2.55.